The lowest BCUT2D eigenvalue weighted by atomic mass is 9.32. The third kappa shape index (κ3) is 3.99. The molecule has 9 nitrogen and oxygen atoms in total. The Kier molecular flexibility index (Phi) is 7.46. The van der Waals surface area contributed by atoms with E-state index in [9.17, 15) is 30.6 Å². The number of allylic oxidation sites excluding steroid dienone is 1. The van der Waals surface area contributed by atoms with Gasteiger partial charge in [-0.2, -0.15) is 0 Å². The zero-order chi connectivity index (χ0) is 32.6. The van der Waals surface area contributed by atoms with Crippen LogP contribution < -0.4 is 0 Å². The quantitative estimate of drug-likeness (QED) is 0.203. The van der Waals surface area contributed by atoms with Gasteiger partial charge < -0.3 is 44.8 Å². The molecule has 2 bridgehead atoms. The fourth-order valence-corrected chi connectivity index (χ4v) is 12.9. The van der Waals surface area contributed by atoms with Crippen LogP contribution in [0, 0.1) is 50.2 Å². The van der Waals surface area contributed by atoms with E-state index in [-0.39, 0.29) is 57.5 Å². The zero-order valence-corrected chi connectivity index (χ0v) is 28.1. The first kappa shape index (κ1) is 32.9. The minimum Gasteiger partial charge on any atom is -0.396 e. The number of hydrogen-bond acceptors (Lipinski definition) is 9. The van der Waals surface area contributed by atoms with Crippen LogP contribution in [0.2, 0.25) is 0 Å². The Morgan fingerprint density at radius 1 is 0.822 bits per heavy atom. The van der Waals surface area contributed by atoms with Crippen LogP contribution in [0.5, 0.6) is 0 Å². The van der Waals surface area contributed by atoms with Crippen molar-refractivity contribution in [3.63, 3.8) is 0 Å². The van der Waals surface area contributed by atoms with E-state index in [1.54, 1.807) is 0 Å². The molecule has 0 radical (unpaired) electrons. The summed E-state index contributed by atoms with van der Waals surface area (Å²) in [6.07, 6.45) is 4.55. The highest BCUT2D eigenvalue weighted by atomic mass is 16.7. The molecule has 256 valence electrons. The average Bonchev–Trinajstić information content (AvgIpc) is 3.26. The number of aliphatic hydroxyl groups is 6. The van der Waals surface area contributed by atoms with Crippen LogP contribution in [0.3, 0.4) is 0 Å². The maximum Gasteiger partial charge on any atom is 0.186 e. The third-order valence-electron chi connectivity index (χ3n) is 15.8. The second-order valence-corrected chi connectivity index (χ2v) is 18.2. The lowest BCUT2D eigenvalue weighted by Gasteiger charge is -2.73. The molecule has 6 N–H and O–H groups in total. The molecule has 0 amide bonds. The monoisotopic (exact) mass is 634 g/mol. The summed E-state index contributed by atoms with van der Waals surface area (Å²) in [7, 11) is 0. The maximum absolute atomic E-state index is 12.0. The number of fused-ring (bicyclic) bond motifs is 4. The van der Waals surface area contributed by atoms with Crippen LogP contribution in [-0.4, -0.2) is 99.0 Å². The van der Waals surface area contributed by atoms with Crippen LogP contribution >= 0.6 is 0 Å². The van der Waals surface area contributed by atoms with Gasteiger partial charge in [0.25, 0.3) is 0 Å². The van der Waals surface area contributed by atoms with Gasteiger partial charge >= 0.3 is 0 Å². The first-order valence-corrected chi connectivity index (χ1v) is 17.6. The van der Waals surface area contributed by atoms with E-state index in [0.29, 0.717) is 13.0 Å². The van der Waals surface area contributed by atoms with Crippen LogP contribution in [-0.2, 0) is 14.2 Å². The molecule has 6 fully saturated rings. The van der Waals surface area contributed by atoms with Crippen LogP contribution in [0.1, 0.15) is 92.9 Å². The second-order valence-electron chi connectivity index (χ2n) is 18.2. The van der Waals surface area contributed by atoms with Gasteiger partial charge in [0.2, 0.25) is 0 Å². The molecule has 2 aliphatic heterocycles. The van der Waals surface area contributed by atoms with Gasteiger partial charge in [-0.3, -0.25) is 0 Å². The SMILES string of the molecule is CC1(C)CCC23COC4(C=CC5[C@@]6(C)CCC(O[C@@H]7O[C@H](CO)[C@@H](O)[C@H](O)[C@H]7O)C(C)(CO)C6CC[C@@]5(C)[C@]4(C)C[C@H]2O)[C@H]3C1. The van der Waals surface area contributed by atoms with Crippen molar-refractivity contribution < 1.29 is 44.8 Å². The minimum absolute atomic E-state index is 0.102. The lowest BCUT2D eigenvalue weighted by molar-refractivity contribution is -0.334. The van der Waals surface area contributed by atoms with Crippen LogP contribution in [0.4, 0.5) is 0 Å². The maximum atomic E-state index is 12.0. The highest BCUT2D eigenvalue weighted by Crippen LogP contribution is 2.79. The number of rotatable bonds is 4. The van der Waals surface area contributed by atoms with Gasteiger partial charge in [0.1, 0.15) is 24.4 Å². The average molecular weight is 635 g/mol. The molecule has 7 rings (SSSR count). The van der Waals surface area contributed by atoms with E-state index in [4.69, 9.17) is 14.2 Å². The summed E-state index contributed by atoms with van der Waals surface area (Å²) < 4.78 is 19.2. The summed E-state index contributed by atoms with van der Waals surface area (Å²) in [5.41, 5.74) is -1.57. The van der Waals surface area contributed by atoms with E-state index in [2.05, 4.69) is 53.7 Å². The summed E-state index contributed by atoms with van der Waals surface area (Å²) in [6, 6.07) is 0. The molecular weight excluding hydrogens is 576 g/mol. The van der Waals surface area contributed by atoms with Gasteiger partial charge in [0.05, 0.1) is 37.6 Å². The number of aliphatic hydroxyl groups excluding tert-OH is 6. The fraction of sp³-hybridized carbons (Fsp3) is 0.944. The van der Waals surface area contributed by atoms with E-state index in [1.807, 2.05) is 0 Å². The molecule has 0 aromatic carbocycles. The summed E-state index contributed by atoms with van der Waals surface area (Å²) in [6.45, 7) is 14.1. The molecule has 2 heterocycles. The van der Waals surface area contributed by atoms with Crippen LogP contribution in [0.25, 0.3) is 0 Å². The lowest BCUT2D eigenvalue weighted by Crippen LogP contribution is -2.72. The Bertz CT molecular complexity index is 1210. The van der Waals surface area contributed by atoms with E-state index in [0.717, 1.165) is 44.9 Å². The van der Waals surface area contributed by atoms with E-state index >= 15 is 0 Å². The zero-order valence-electron chi connectivity index (χ0n) is 28.1. The molecule has 0 aromatic heterocycles. The molecule has 0 aromatic rings. The Hall–Kier alpha value is -0.620. The number of ether oxygens (including phenoxy) is 3. The van der Waals surface area contributed by atoms with Gasteiger partial charge in [-0.15, -0.1) is 0 Å². The normalized spacial score (nSPS) is 59.9. The summed E-state index contributed by atoms with van der Waals surface area (Å²) in [4.78, 5) is 0. The Morgan fingerprint density at radius 2 is 1.56 bits per heavy atom. The van der Waals surface area contributed by atoms with Gasteiger partial charge in [0.15, 0.2) is 6.29 Å². The third-order valence-corrected chi connectivity index (χ3v) is 15.8. The summed E-state index contributed by atoms with van der Waals surface area (Å²) in [5.74, 6) is 0.594. The molecule has 2 saturated heterocycles. The molecule has 1 spiro atoms. The minimum atomic E-state index is -1.51. The van der Waals surface area contributed by atoms with Gasteiger partial charge in [-0.05, 0) is 79.4 Å². The predicted molar refractivity (Wildman–Crippen MR) is 166 cm³/mol. The van der Waals surface area contributed by atoms with Crippen molar-refractivity contribution in [3.8, 4) is 0 Å². The van der Waals surface area contributed by atoms with Crippen LogP contribution in [0.15, 0.2) is 12.2 Å². The van der Waals surface area contributed by atoms with Crippen molar-refractivity contribution in [2.45, 2.75) is 141 Å². The largest absolute Gasteiger partial charge is 0.396 e. The molecule has 6 unspecified atom stereocenters. The predicted octanol–water partition coefficient (Wildman–Crippen LogP) is 2.93. The Balaban J connectivity index is 1.22. The highest BCUT2D eigenvalue weighted by molar-refractivity contribution is 5.36. The molecular formula is C36H58O9. The highest BCUT2D eigenvalue weighted by Gasteiger charge is 2.79. The molecule has 4 saturated carbocycles. The summed E-state index contributed by atoms with van der Waals surface area (Å²) in [5, 5.41) is 64.2. The standard InChI is InChI=1S/C36H58O9/c1-30(2)13-14-35-19-43-36(23(35)15-30)12-8-22-31(3)10-9-25(45-29-28(42)27(41)26(40)20(17-37)44-29)32(4,18-38)21(31)7-11-33(22,5)34(36,6)16-24(35)39/h8,12,20-29,37-42H,7,9-11,13-19H2,1-6H3/t20-,21?,22?,23+,24-,25?,26-,27+,28-,29+,31+,32?,33-,34+,35?,36?/m1/s1. The van der Waals surface area contributed by atoms with Gasteiger partial charge in [-0.1, -0.05) is 53.7 Å². The van der Waals surface area contributed by atoms with Gasteiger partial charge in [-0.25, -0.2) is 0 Å². The van der Waals surface area contributed by atoms with Crippen molar-refractivity contribution in [3.05, 3.63) is 12.2 Å². The van der Waals surface area contributed by atoms with E-state index < -0.39 is 54.4 Å². The first-order chi connectivity index (χ1) is 21.0. The Labute approximate surface area is 268 Å². The van der Waals surface area contributed by atoms with Crippen molar-refractivity contribution in [1.82, 2.24) is 0 Å². The Morgan fingerprint density at radius 3 is 2.24 bits per heavy atom. The smallest absolute Gasteiger partial charge is 0.186 e. The van der Waals surface area contributed by atoms with Crippen molar-refractivity contribution in [2.75, 3.05) is 19.8 Å². The molecule has 5 aliphatic carbocycles. The first-order valence-electron chi connectivity index (χ1n) is 17.6. The van der Waals surface area contributed by atoms with Crippen molar-refractivity contribution in [1.29, 1.82) is 0 Å². The molecule has 45 heavy (non-hydrogen) atoms. The van der Waals surface area contributed by atoms with Gasteiger partial charge in [0, 0.05) is 22.2 Å². The molecule has 16 atom stereocenters. The molecule has 7 aliphatic rings. The summed E-state index contributed by atoms with van der Waals surface area (Å²) >= 11 is 0. The topological polar surface area (TPSA) is 149 Å². The fourth-order valence-electron chi connectivity index (χ4n) is 12.9. The van der Waals surface area contributed by atoms with Crippen molar-refractivity contribution >= 4 is 0 Å². The number of hydrogen-bond donors (Lipinski definition) is 6. The molecule has 9 heteroatoms. The second kappa shape index (κ2) is 10.2. The van der Waals surface area contributed by atoms with Crippen molar-refractivity contribution in [2.24, 2.45) is 50.2 Å². The van der Waals surface area contributed by atoms with E-state index in [1.165, 1.54) is 0 Å².